The third-order valence-corrected chi connectivity index (χ3v) is 5.51. The molecule has 1 heterocycles. The van der Waals surface area contributed by atoms with Crippen molar-refractivity contribution in [3.8, 4) is 0 Å². The number of benzene rings is 1. The molecule has 0 aliphatic rings. The van der Waals surface area contributed by atoms with Crippen LogP contribution in [0.15, 0.2) is 46.0 Å². The Hall–Kier alpha value is -0.880. The summed E-state index contributed by atoms with van der Waals surface area (Å²) in [4.78, 5) is 0. The molecule has 0 fully saturated rings. The van der Waals surface area contributed by atoms with E-state index < -0.39 is 10.0 Å². The van der Waals surface area contributed by atoms with Crippen molar-refractivity contribution in [1.82, 2.24) is 4.72 Å². The van der Waals surface area contributed by atoms with E-state index in [1.807, 2.05) is 24.3 Å². The molecule has 0 saturated carbocycles. The Balaban J connectivity index is 2.03. The number of alkyl halides is 1. The fourth-order valence-corrected chi connectivity index (χ4v) is 3.65. The van der Waals surface area contributed by atoms with Gasteiger partial charge < -0.3 is 0 Å². The highest BCUT2D eigenvalue weighted by Gasteiger charge is 2.14. The highest BCUT2D eigenvalue weighted by atomic mass is 35.5. The molecule has 2 rings (SSSR count). The van der Waals surface area contributed by atoms with Crippen LogP contribution in [0.3, 0.4) is 0 Å². The molecule has 0 unspecified atom stereocenters. The molecule has 18 heavy (non-hydrogen) atoms. The van der Waals surface area contributed by atoms with Gasteiger partial charge in [0.05, 0.1) is 0 Å². The first-order chi connectivity index (χ1) is 8.62. The molecule has 1 aromatic heterocycles. The summed E-state index contributed by atoms with van der Waals surface area (Å²) >= 11 is 6.89. The monoisotopic (exact) mass is 301 g/mol. The average molecular weight is 302 g/mol. The molecule has 0 aliphatic carbocycles. The number of nitrogens with one attached hydrogen (secondary N) is 1. The maximum Gasteiger partial charge on any atom is 0.250 e. The highest BCUT2D eigenvalue weighted by Crippen LogP contribution is 2.16. The smallest absolute Gasteiger partial charge is 0.206 e. The second-order valence-corrected chi connectivity index (χ2v) is 6.92. The van der Waals surface area contributed by atoms with Gasteiger partial charge in [-0.25, -0.2) is 13.1 Å². The lowest BCUT2D eigenvalue weighted by Crippen LogP contribution is -2.22. The molecule has 0 radical (unpaired) electrons. The van der Waals surface area contributed by atoms with Crippen molar-refractivity contribution < 1.29 is 8.42 Å². The Morgan fingerprint density at radius 2 is 1.78 bits per heavy atom. The number of hydrogen-bond donors (Lipinski definition) is 1. The SMILES string of the molecule is O=S(=O)(NCc1ccc(CCl)cc1)c1cccs1. The van der Waals surface area contributed by atoms with Crippen LogP contribution < -0.4 is 4.72 Å². The van der Waals surface area contributed by atoms with Gasteiger partial charge in [-0.2, -0.15) is 0 Å². The molecule has 0 bridgehead atoms. The Labute approximate surface area is 115 Å². The second-order valence-electron chi connectivity index (χ2n) is 3.71. The maximum atomic E-state index is 11.9. The molecule has 0 amide bonds. The molecule has 0 saturated heterocycles. The first-order valence-electron chi connectivity index (χ1n) is 5.29. The number of halogens is 1. The summed E-state index contributed by atoms with van der Waals surface area (Å²) in [5.74, 6) is 0.460. The first kappa shape index (κ1) is 13.5. The van der Waals surface area contributed by atoms with E-state index in [4.69, 9.17) is 11.6 Å². The number of sulfonamides is 1. The van der Waals surface area contributed by atoms with Crippen molar-refractivity contribution in [2.75, 3.05) is 0 Å². The molecule has 1 N–H and O–H groups in total. The zero-order valence-electron chi connectivity index (χ0n) is 9.47. The van der Waals surface area contributed by atoms with E-state index in [9.17, 15) is 8.42 Å². The van der Waals surface area contributed by atoms with Crippen LogP contribution in [-0.4, -0.2) is 8.42 Å². The molecule has 0 aliphatic heterocycles. The van der Waals surface area contributed by atoms with E-state index in [2.05, 4.69) is 4.72 Å². The molecule has 0 atom stereocenters. The largest absolute Gasteiger partial charge is 0.250 e. The fraction of sp³-hybridized carbons (Fsp3) is 0.167. The van der Waals surface area contributed by atoms with E-state index >= 15 is 0 Å². The van der Waals surface area contributed by atoms with Crippen molar-refractivity contribution in [1.29, 1.82) is 0 Å². The van der Waals surface area contributed by atoms with E-state index in [0.717, 1.165) is 11.1 Å². The van der Waals surface area contributed by atoms with Crippen molar-refractivity contribution in [2.24, 2.45) is 0 Å². The van der Waals surface area contributed by atoms with Gasteiger partial charge in [-0.15, -0.1) is 22.9 Å². The van der Waals surface area contributed by atoms with Crippen LogP contribution >= 0.6 is 22.9 Å². The van der Waals surface area contributed by atoms with E-state index in [1.54, 1.807) is 17.5 Å². The quantitative estimate of drug-likeness (QED) is 0.863. The summed E-state index contributed by atoms with van der Waals surface area (Å²) in [5, 5.41) is 1.74. The van der Waals surface area contributed by atoms with Crippen LogP contribution in [0.5, 0.6) is 0 Å². The standard InChI is InChI=1S/C12H12ClNO2S2/c13-8-10-3-5-11(6-4-10)9-14-18(15,16)12-2-1-7-17-12/h1-7,14H,8-9H2. The summed E-state index contributed by atoms with van der Waals surface area (Å²) in [5.41, 5.74) is 1.92. The minimum atomic E-state index is -3.39. The molecular formula is C12H12ClNO2S2. The van der Waals surface area contributed by atoms with Crippen LogP contribution in [0, 0.1) is 0 Å². The number of rotatable bonds is 5. The topological polar surface area (TPSA) is 46.2 Å². The van der Waals surface area contributed by atoms with Gasteiger partial charge in [-0.1, -0.05) is 30.3 Å². The van der Waals surface area contributed by atoms with Gasteiger partial charge in [0.25, 0.3) is 0 Å². The van der Waals surface area contributed by atoms with Gasteiger partial charge in [-0.05, 0) is 22.6 Å². The van der Waals surface area contributed by atoms with Crippen LogP contribution in [0.1, 0.15) is 11.1 Å². The average Bonchev–Trinajstić information content (AvgIpc) is 2.92. The van der Waals surface area contributed by atoms with Crippen molar-refractivity contribution in [3.63, 3.8) is 0 Å². The van der Waals surface area contributed by atoms with Crippen LogP contribution in [0.4, 0.5) is 0 Å². The van der Waals surface area contributed by atoms with Crippen molar-refractivity contribution in [3.05, 3.63) is 52.9 Å². The van der Waals surface area contributed by atoms with E-state index in [1.165, 1.54) is 11.3 Å². The van der Waals surface area contributed by atoms with E-state index in [0.29, 0.717) is 10.1 Å². The normalized spacial score (nSPS) is 11.6. The summed E-state index contributed by atoms with van der Waals surface area (Å²) in [7, 11) is -3.39. The zero-order valence-corrected chi connectivity index (χ0v) is 11.9. The lowest BCUT2D eigenvalue weighted by molar-refractivity contribution is 0.583. The molecular weight excluding hydrogens is 290 g/mol. The lowest BCUT2D eigenvalue weighted by atomic mass is 10.1. The summed E-state index contributed by atoms with van der Waals surface area (Å²) in [6, 6.07) is 10.8. The minimum absolute atomic E-state index is 0.281. The van der Waals surface area contributed by atoms with Gasteiger partial charge in [0.1, 0.15) is 4.21 Å². The molecule has 3 nitrogen and oxygen atoms in total. The van der Waals surface area contributed by atoms with Crippen LogP contribution in [-0.2, 0) is 22.4 Å². The predicted molar refractivity (Wildman–Crippen MR) is 74.3 cm³/mol. The van der Waals surface area contributed by atoms with Gasteiger partial charge in [0, 0.05) is 12.4 Å². The summed E-state index contributed by atoms with van der Waals surface area (Å²) in [6.45, 7) is 0.281. The highest BCUT2D eigenvalue weighted by molar-refractivity contribution is 7.91. The Morgan fingerprint density at radius 3 is 2.33 bits per heavy atom. The van der Waals surface area contributed by atoms with Crippen molar-refractivity contribution >= 4 is 33.0 Å². The number of hydrogen-bond acceptors (Lipinski definition) is 3. The van der Waals surface area contributed by atoms with Crippen LogP contribution in [0.2, 0.25) is 0 Å². The predicted octanol–water partition coefficient (Wildman–Crippen LogP) is 2.97. The number of thiophene rings is 1. The molecule has 6 heteroatoms. The maximum absolute atomic E-state index is 11.9. The zero-order chi connectivity index (χ0) is 13.0. The third kappa shape index (κ3) is 3.32. The molecule has 1 aromatic carbocycles. The molecule has 96 valence electrons. The fourth-order valence-electron chi connectivity index (χ4n) is 1.41. The first-order valence-corrected chi connectivity index (χ1v) is 8.18. The summed E-state index contributed by atoms with van der Waals surface area (Å²) < 4.78 is 26.6. The van der Waals surface area contributed by atoms with Gasteiger partial charge in [-0.3, -0.25) is 0 Å². The third-order valence-electron chi connectivity index (χ3n) is 2.40. The second kappa shape index (κ2) is 5.84. The van der Waals surface area contributed by atoms with Gasteiger partial charge >= 0.3 is 0 Å². The Bertz CT molecular complexity index is 592. The molecule has 2 aromatic rings. The Kier molecular flexibility index (Phi) is 4.40. The molecule has 0 spiro atoms. The van der Waals surface area contributed by atoms with Gasteiger partial charge in [0.15, 0.2) is 0 Å². The summed E-state index contributed by atoms with van der Waals surface area (Å²) in [6.07, 6.45) is 0. The van der Waals surface area contributed by atoms with E-state index in [-0.39, 0.29) is 6.54 Å². The minimum Gasteiger partial charge on any atom is -0.206 e. The van der Waals surface area contributed by atoms with Crippen LogP contribution in [0.25, 0.3) is 0 Å². The van der Waals surface area contributed by atoms with Crippen molar-refractivity contribution in [2.45, 2.75) is 16.6 Å². The lowest BCUT2D eigenvalue weighted by Gasteiger charge is -2.05. The van der Waals surface area contributed by atoms with Gasteiger partial charge in [0.2, 0.25) is 10.0 Å². The Morgan fingerprint density at radius 1 is 1.11 bits per heavy atom.